The van der Waals surface area contributed by atoms with Crippen molar-refractivity contribution in [1.29, 1.82) is 0 Å². The van der Waals surface area contributed by atoms with Gasteiger partial charge in [0.15, 0.2) is 0 Å². The van der Waals surface area contributed by atoms with Crippen molar-refractivity contribution in [3.8, 4) is 0 Å². The lowest BCUT2D eigenvalue weighted by molar-refractivity contribution is -0.135. The van der Waals surface area contributed by atoms with Gasteiger partial charge in [-0.2, -0.15) is 0 Å². The van der Waals surface area contributed by atoms with E-state index in [2.05, 4.69) is 10.2 Å². The predicted molar refractivity (Wildman–Crippen MR) is 112 cm³/mol. The summed E-state index contributed by atoms with van der Waals surface area (Å²) in [6.45, 7) is 0.682. The zero-order valence-electron chi connectivity index (χ0n) is 15.8. The molecule has 152 valence electrons. The predicted octanol–water partition coefficient (Wildman–Crippen LogP) is 3.42. The van der Waals surface area contributed by atoms with E-state index in [9.17, 15) is 14.4 Å². The van der Waals surface area contributed by atoms with Gasteiger partial charge < -0.3 is 5.32 Å². The van der Waals surface area contributed by atoms with Gasteiger partial charge in [0.05, 0.1) is 22.5 Å². The first kappa shape index (κ1) is 18.4. The number of halogens is 2. The van der Waals surface area contributed by atoms with Gasteiger partial charge in [0.2, 0.25) is 17.7 Å². The van der Waals surface area contributed by atoms with Crippen molar-refractivity contribution < 1.29 is 14.4 Å². The van der Waals surface area contributed by atoms with Crippen molar-refractivity contribution in [3.05, 3.63) is 58.1 Å². The molecular formula is C22H17Cl2N3O3. The number of amides is 3. The van der Waals surface area contributed by atoms with Crippen molar-refractivity contribution in [3.63, 3.8) is 0 Å². The summed E-state index contributed by atoms with van der Waals surface area (Å²) in [5, 5.41) is 3.61. The van der Waals surface area contributed by atoms with E-state index in [0.29, 0.717) is 22.9 Å². The van der Waals surface area contributed by atoms with Gasteiger partial charge in [-0.1, -0.05) is 41.4 Å². The van der Waals surface area contributed by atoms with E-state index in [0.717, 1.165) is 18.4 Å². The Kier molecular flexibility index (Phi) is 3.71. The van der Waals surface area contributed by atoms with Crippen LogP contribution in [0.1, 0.15) is 18.4 Å². The van der Waals surface area contributed by atoms with Crippen LogP contribution in [0, 0.1) is 11.8 Å². The summed E-state index contributed by atoms with van der Waals surface area (Å²) in [6, 6.07) is 12.0. The molecule has 4 aliphatic heterocycles. The number of imide groups is 1. The molecule has 0 radical (unpaired) electrons. The number of hydrogen-bond donors (Lipinski definition) is 1. The molecule has 1 N–H and O–H groups in total. The molecule has 3 saturated heterocycles. The summed E-state index contributed by atoms with van der Waals surface area (Å²) in [7, 11) is 0. The molecule has 4 aliphatic rings. The fourth-order valence-corrected chi connectivity index (χ4v) is 6.55. The van der Waals surface area contributed by atoms with Crippen LogP contribution in [0.3, 0.4) is 0 Å². The second-order valence-corrected chi connectivity index (χ2v) is 9.12. The van der Waals surface area contributed by atoms with Gasteiger partial charge in [-0.05, 0) is 43.7 Å². The molecule has 0 aromatic heterocycles. The third-order valence-corrected chi connectivity index (χ3v) is 7.59. The number of carbonyl (C=O) groups is 3. The van der Waals surface area contributed by atoms with Crippen LogP contribution in [-0.2, 0) is 19.9 Å². The molecule has 6 nitrogen and oxygen atoms in total. The third-order valence-electron chi connectivity index (χ3n) is 7.05. The maximum Gasteiger partial charge on any atom is 0.250 e. The van der Waals surface area contributed by atoms with Gasteiger partial charge in [0.25, 0.3) is 0 Å². The van der Waals surface area contributed by atoms with Crippen LogP contribution in [0.15, 0.2) is 42.5 Å². The highest BCUT2D eigenvalue weighted by molar-refractivity contribution is 6.38. The lowest BCUT2D eigenvalue weighted by atomic mass is 9.75. The Balaban J connectivity index is 1.56. The smallest absolute Gasteiger partial charge is 0.250 e. The van der Waals surface area contributed by atoms with E-state index in [1.807, 2.05) is 24.3 Å². The van der Waals surface area contributed by atoms with E-state index in [4.69, 9.17) is 23.2 Å². The molecule has 6 rings (SSSR count). The quantitative estimate of drug-likeness (QED) is 0.688. The van der Waals surface area contributed by atoms with Crippen LogP contribution < -0.4 is 10.2 Å². The first-order valence-electron chi connectivity index (χ1n) is 9.97. The molecule has 4 heterocycles. The van der Waals surface area contributed by atoms with Gasteiger partial charge in [-0.3, -0.25) is 19.3 Å². The largest absolute Gasteiger partial charge is 0.324 e. The Bertz CT molecular complexity index is 1150. The second kappa shape index (κ2) is 6.06. The maximum atomic E-state index is 13.8. The number of carbonyl (C=O) groups excluding carboxylic acids is 3. The molecule has 0 saturated carbocycles. The van der Waals surface area contributed by atoms with E-state index in [1.54, 1.807) is 12.1 Å². The number of para-hydroxylation sites is 1. The van der Waals surface area contributed by atoms with Crippen LogP contribution in [0.5, 0.6) is 0 Å². The van der Waals surface area contributed by atoms with Gasteiger partial charge in [0, 0.05) is 22.3 Å². The first-order valence-corrected chi connectivity index (χ1v) is 10.7. The Hall–Kier alpha value is -2.41. The molecule has 0 unspecified atom stereocenters. The standard InChI is InChI=1S/C22H17Cl2N3O3/c23-11-7-8-15(13(24)10-11)27-19(28)17-16-6-3-9-26(16)22(18(17)20(27)29)12-4-1-2-5-14(12)25-21(22)30/h1-2,4-5,7-8,10,16-18H,3,6,9H2,(H,25,30)/t16-,17+,18-,22+/m0/s1. The minimum atomic E-state index is -1.16. The summed E-state index contributed by atoms with van der Waals surface area (Å²) in [6.07, 6.45) is 1.66. The summed E-state index contributed by atoms with van der Waals surface area (Å²) >= 11 is 12.4. The zero-order valence-corrected chi connectivity index (χ0v) is 17.3. The molecule has 3 amide bonds. The summed E-state index contributed by atoms with van der Waals surface area (Å²) < 4.78 is 0. The monoisotopic (exact) mass is 441 g/mol. The molecule has 2 aromatic carbocycles. The van der Waals surface area contributed by atoms with Crippen LogP contribution in [0.25, 0.3) is 0 Å². The average molecular weight is 442 g/mol. The number of rotatable bonds is 1. The molecule has 3 fully saturated rings. The van der Waals surface area contributed by atoms with Crippen molar-refractivity contribution in [2.75, 3.05) is 16.8 Å². The number of fused-ring (bicyclic) bond motifs is 7. The van der Waals surface area contributed by atoms with E-state index in [-0.39, 0.29) is 28.8 Å². The zero-order chi connectivity index (χ0) is 20.8. The minimum absolute atomic E-state index is 0.153. The highest BCUT2D eigenvalue weighted by atomic mass is 35.5. The van der Waals surface area contributed by atoms with Crippen LogP contribution >= 0.6 is 23.2 Å². The second-order valence-electron chi connectivity index (χ2n) is 8.28. The third kappa shape index (κ3) is 2.02. The summed E-state index contributed by atoms with van der Waals surface area (Å²) in [5.41, 5.74) is 0.636. The van der Waals surface area contributed by atoms with E-state index >= 15 is 0 Å². The van der Waals surface area contributed by atoms with Crippen molar-refractivity contribution in [1.82, 2.24) is 4.90 Å². The molecule has 2 aromatic rings. The van der Waals surface area contributed by atoms with E-state index < -0.39 is 17.4 Å². The SMILES string of the molecule is O=C1[C@H]2[C@@H](C(=O)N1c1ccc(Cl)cc1Cl)[C@]1(C(=O)Nc3ccccc31)N1CCC[C@@H]21. The molecule has 8 heteroatoms. The Morgan fingerprint density at radius 2 is 1.83 bits per heavy atom. The van der Waals surface area contributed by atoms with Crippen LogP contribution in [0.2, 0.25) is 10.0 Å². The van der Waals surface area contributed by atoms with Crippen LogP contribution in [0.4, 0.5) is 11.4 Å². The molecule has 0 bridgehead atoms. The molecule has 4 atom stereocenters. The summed E-state index contributed by atoms with van der Waals surface area (Å²) in [4.78, 5) is 44.1. The van der Waals surface area contributed by atoms with Gasteiger partial charge in [-0.25, -0.2) is 4.90 Å². The molecule has 30 heavy (non-hydrogen) atoms. The number of nitrogens with one attached hydrogen (secondary N) is 1. The van der Waals surface area contributed by atoms with Gasteiger partial charge >= 0.3 is 0 Å². The fourth-order valence-electron chi connectivity index (χ4n) is 6.06. The lowest BCUT2D eigenvalue weighted by Gasteiger charge is -2.36. The summed E-state index contributed by atoms with van der Waals surface area (Å²) in [5.74, 6) is -2.27. The first-order chi connectivity index (χ1) is 14.5. The van der Waals surface area contributed by atoms with Crippen LogP contribution in [-0.4, -0.2) is 35.2 Å². The highest BCUT2D eigenvalue weighted by Crippen LogP contribution is 2.60. The van der Waals surface area contributed by atoms with Crippen molar-refractivity contribution >= 4 is 52.3 Å². The van der Waals surface area contributed by atoms with E-state index in [1.165, 1.54) is 11.0 Å². The Morgan fingerprint density at radius 1 is 1.03 bits per heavy atom. The molecular weight excluding hydrogens is 425 g/mol. The van der Waals surface area contributed by atoms with Crippen molar-refractivity contribution in [2.24, 2.45) is 11.8 Å². The molecule has 1 spiro atoms. The minimum Gasteiger partial charge on any atom is -0.324 e. The Morgan fingerprint density at radius 3 is 2.63 bits per heavy atom. The number of anilines is 2. The topological polar surface area (TPSA) is 69.7 Å². The molecule has 0 aliphatic carbocycles. The van der Waals surface area contributed by atoms with Gasteiger partial charge in [0.1, 0.15) is 5.54 Å². The number of benzene rings is 2. The van der Waals surface area contributed by atoms with Crippen molar-refractivity contribution in [2.45, 2.75) is 24.4 Å². The fraction of sp³-hybridized carbons (Fsp3) is 0.318. The lowest BCUT2D eigenvalue weighted by Crippen LogP contribution is -2.54. The number of nitrogens with zero attached hydrogens (tertiary/aromatic N) is 2. The maximum absolute atomic E-state index is 13.8. The Labute approximate surface area is 182 Å². The average Bonchev–Trinajstić information content (AvgIpc) is 3.41. The highest BCUT2D eigenvalue weighted by Gasteiger charge is 2.74. The number of hydrogen-bond acceptors (Lipinski definition) is 4. The normalized spacial score (nSPS) is 32.0. The van der Waals surface area contributed by atoms with Gasteiger partial charge in [-0.15, -0.1) is 0 Å².